The molecule has 0 aromatic carbocycles. The van der Waals surface area contributed by atoms with Crippen LogP contribution in [0.1, 0.15) is 0 Å². The Morgan fingerprint density at radius 1 is 1.17 bits per heavy atom. The maximum atomic E-state index is 9.24. The highest BCUT2D eigenvalue weighted by molar-refractivity contribution is 4.90. The Bertz CT molecular complexity index is 150. The van der Waals surface area contributed by atoms with Crippen molar-refractivity contribution in [2.24, 2.45) is 5.73 Å². The number of aliphatic hydroxyl groups is 4. The molecule has 0 spiro atoms. The van der Waals surface area contributed by atoms with Crippen LogP contribution in [0.3, 0.4) is 0 Å². The Hall–Kier alpha value is -0.240. The number of nitrogens with two attached hydrogens (primary N) is 1. The zero-order valence-electron chi connectivity index (χ0n) is 6.37. The summed E-state index contributed by atoms with van der Waals surface area (Å²) < 4.78 is 4.66. The maximum Gasteiger partial charge on any atom is 0.183 e. The van der Waals surface area contributed by atoms with Crippen molar-refractivity contribution in [1.29, 1.82) is 0 Å². The second kappa shape index (κ2) is 3.65. The fourth-order valence-corrected chi connectivity index (χ4v) is 1.13. The highest BCUT2D eigenvalue weighted by atomic mass is 16.6. The Morgan fingerprint density at radius 2 is 1.75 bits per heavy atom. The smallest absolute Gasteiger partial charge is 0.183 e. The molecule has 5 atom stereocenters. The summed E-state index contributed by atoms with van der Waals surface area (Å²) in [5.74, 6) is 0. The van der Waals surface area contributed by atoms with E-state index in [0.29, 0.717) is 0 Å². The first-order chi connectivity index (χ1) is 5.57. The van der Waals surface area contributed by atoms with Gasteiger partial charge in [0, 0.05) is 0 Å². The van der Waals surface area contributed by atoms with Gasteiger partial charge >= 0.3 is 0 Å². The van der Waals surface area contributed by atoms with Crippen molar-refractivity contribution in [3.63, 3.8) is 0 Å². The van der Waals surface area contributed by atoms with Gasteiger partial charge in [-0.25, -0.2) is 0 Å². The molecule has 1 aliphatic heterocycles. The molecule has 1 fully saturated rings. The third-order valence-electron chi connectivity index (χ3n) is 1.96. The average molecular weight is 179 g/mol. The lowest BCUT2D eigenvalue weighted by Gasteiger charge is -2.38. The van der Waals surface area contributed by atoms with Crippen molar-refractivity contribution in [3.8, 4) is 0 Å². The molecule has 6 N–H and O–H groups in total. The van der Waals surface area contributed by atoms with E-state index in [1.165, 1.54) is 0 Å². The molecule has 0 amide bonds. The van der Waals surface area contributed by atoms with Crippen molar-refractivity contribution >= 4 is 0 Å². The van der Waals surface area contributed by atoms with E-state index in [1.54, 1.807) is 0 Å². The number of hydrogen-bond donors (Lipinski definition) is 5. The predicted molar refractivity (Wildman–Crippen MR) is 38.0 cm³/mol. The van der Waals surface area contributed by atoms with Crippen molar-refractivity contribution in [1.82, 2.24) is 0 Å². The lowest BCUT2D eigenvalue weighted by Crippen LogP contribution is -2.62. The summed E-state index contributed by atoms with van der Waals surface area (Å²) in [4.78, 5) is 0. The number of aliphatic hydroxyl groups excluding tert-OH is 4. The molecule has 6 heteroatoms. The summed E-state index contributed by atoms with van der Waals surface area (Å²) in [5.41, 5.74) is 5.33. The Morgan fingerprint density at radius 3 is 2.25 bits per heavy atom. The van der Waals surface area contributed by atoms with Gasteiger partial charge in [0.05, 0.1) is 12.6 Å². The monoisotopic (exact) mass is 179 g/mol. The normalized spacial score (nSPS) is 49.2. The molecule has 0 aromatic heterocycles. The predicted octanol–water partition coefficient (Wildman–Crippen LogP) is -3.26. The van der Waals surface area contributed by atoms with Crippen molar-refractivity contribution < 1.29 is 25.2 Å². The van der Waals surface area contributed by atoms with Gasteiger partial charge < -0.3 is 30.9 Å². The van der Waals surface area contributed by atoms with Crippen LogP contribution in [0.2, 0.25) is 0 Å². The molecule has 0 aromatic rings. The van der Waals surface area contributed by atoms with Gasteiger partial charge in [-0.05, 0) is 0 Å². The van der Waals surface area contributed by atoms with Crippen LogP contribution in [-0.4, -0.2) is 57.7 Å². The SMILES string of the molecule is N[C@H]1[C@H](O)[C@H](O)O[C@@H](CO)[C@H]1O. The van der Waals surface area contributed by atoms with Gasteiger partial charge in [-0.15, -0.1) is 0 Å². The number of ether oxygens (including phenoxy) is 1. The van der Waals surface area contributed by atoms with Crippen LogP contribution < -0.4 is 5.73 Å². The van der Waals surface area contributed by atoms with Gasteiger partial charge in [0.25, 0.3) is 0 Å². The first-order valence-corrected chi connectivity index (χ1v) is 3.64. The fraction of sp³-hybridized carbons (Fsp3) is 1.00. The summed E-state index contributed by atoms with van der Waals surface area (Å²) in [6, 6.07) is -0.995. The van der Waals surface area contributed by atoms with Gasteiger partial charge in [-0.3, -0.25) is 0 Å². The Balaban J connectivity index is 2.63. The van der Waals surface area contributed by atoms with E-state index < -0.39 is 37.3 Å². The van der Waals surface area contributed by atoms with E-state index in [2.05, 4.69) is 4.74 Å². The molecule has 72 valence electrons. The molecule has 0 bridgehead atoms. The summed E-state index contributed by atoms with van der Waals surface area (Å²) in [6.07, 6.45) is -4.85. The molecule has 1 rings (SSSR count). The molecule has 12 heavy (non-hydrogen) atoms. The average Bonchev–Trinajstić information content (AvgIpc) is 2.08. The zero-order chi connectivity index (χ0) is 9.30. The van der Waals surface area contributed by atoms with Crippen LogP contribution in [0, 0.1) is 0 Å². The summed E-state index contributed by atoms with van der Waals surface area (Å²) in [7, 11) is 0. The molecule has 0 unspecified atom stereocenters. The van der Waals surface area contributed by atoms with Crippen LogP contribution >= 0.6 is 0 Å². The van der Waals surface area contributed by atoms with Crippen LogP contribution in [0.25, 0.3) is 0 Å². The second-order valence-corrected chi connectivity index (χ2v) is 2.81. The molecule has 0 aliphatic carbocycles. The molecule has 6 nitrogen and oxygen atoms in total. The van der Waals surface area contributed by atoms with Crippen LogP contribution in [-0.2, 0) is 4.74 Å². The van der Waals surface area contributed by atoms with Gasteiger partial charge in [-0.1, -0.05) is 0 Å². The summed E-state index contributed by atoms with van der Waals surface area (Å²) in [5, 5.41) is 36.0. The molecular weight excluding hydrogens is 166 g/mol. The molecule has 1 saturated heterocycles. The van der Waals surface area contributed by atoms with Crippen LogP contribution in [0.4, 0.5) is 0 Å². The zero-order valence-corrected chi connectivity index (χ0v) is 6.37. The minimum absolute atomic E-state index is 0.446. The maximum absolute atomic E-state index is 9.24. The molecular formula is C6H13NO5. The number of hydrogen-bond acceptors (Lipinski definition) is 6. The van der Waals surface area contributed by atoms with E-state index in [-0.39, 0.29) is 0 Å². The number of rotatable bonds is 1. The highest BCUT2D eigenvalue weighted by Gasteiger charge is 2.41. The summed E-state index contributed by atoms with van der Waals surface area (Å²) >= 11 is 0. The third-order valence-corrected chi connectivity index (χ3v) is 1.96. The molecule has 0 radical (unpaired) electrons. The van der Waals surface area contributed by atoms with E-state index in [1.807, 2.05) is 0 Å². The topological polar surface area (TPSA) is 116 Å². The molecule has 0 saturated carbocycles. The molecule has 1 heterocycles. The minimum Gasteiger partial charge on any atom is -0.394 e. The van der Waals surface area contributed by atoms with E-state index in [4.69, 9.17) is 21.1 Å². The highest BCUT2D eigenvalue weighted by Crippen LogP contribution is 2.17. The van der Waals surface area contributed by atoms with Crippen molar-refractivity contribution in [2.75, 3.05) is 6.61 Å². The molecule has 1 aliphatic rings. The second-order valence-electron chi connectivity index (χ2n) is 2.81. The Labute approximate surface area is 69.2 Å². The quantitative estimate of drug-likeness (QED) is 0.288. The lowest BCUT2D eigenvalue weighted by molar-refractivity contribution is -0.258. The van der Waals surface area contributed by atoms with Gasteiger partial charge in [0.2, 0.25) is 0 Å². The fourth-order valence-electron chi connectivity index (χ4n) is 1.13. The lowest BCUT2D eigenvalue weighted by atomic mass is 9.97. The van der Waals surface area contributed by atoms with Crippen LogP contribution in [0.5, 0.6) is 0 Å². The van der Waals surface area contributed by atoms with E-state index >= 15 is 0 Å². The largest absolute Gasteiger partial charge is 0.394 e. The van der Waals surface area contributed by atoms with Crippen molar-refractivity contribution in [2.45, 2.75) is 30.6 Å². The van der Waals surface area contributed by atoms with Crippen molar-refractivity contribution in [3.05, 3.63) is 0 Å². The summed E-state index contributed by atoms with van der Waals surface area (Å²) in [6.45, 7) is -0.446. The van der Waals surface area contributed by atoms with E-state index in [9.17, 15) is 5.11 Å². The van der Waals surface area contributed by atoms with Gasteiger partial charge in [0.15, 0.2) is 6.29 Å². The third kappa shape index (κ3) is 1.58. The van der Waals surface area contributed by atoms with Crippen LogP contribution in [0.15, 0.2) is 0 Å². The first kappa shape index (κ1) is 9.85. The van der Waals surface area contributed by atoms with Gasteiger partial charge in [0.1, 0.15) is 18.3 Å². The first-order valence-electron chi connectivity index (χ1n) is 3.64. The van der Waals surface area contributed by atoms with E-state index in [0.717, 1.165) is 0 Å². The minimum atomic E-state index is -1.44. The standard InChI is InChI=1S/C6H13NO5/c7-3-4(9)2(1-8)12-6(11)5(3)10/h2-6,8-11H,1,7H2/t2-,3+,4+,5-,6+/m0/s1. The Kier molecular flexibility index (Phi) is 2.99. The van der Waals surface area contributed by atoms with Gasteiger partial charge in [-0.2, -0.15) is 0 Å².